The molecule has 28 heavy (non-hydrogen) atoms. The maximum Gasteiger partial charge on any atom is 0.191 e. The molecule has 2 N–H and O–H groups in total. The molecule has 1 saturated carbocycles. The Bertz CT molecular complexity index is 550. The molecule has 1 aliphatic rings. The van der Waals surface area contributed by atoms with Gasteiger partial charge in [-0.15, -0.1) is 24.0 Å². The molecule has 1 aromatic rings. The van der Waals surface area contributed by atoms with Gasteiger partial charge in [-0.3, -0.25) is 4.99 Å². The Hall–Kier alpha value is -0.860. The minimum Gasteiger partial charge on any atom is -0.382 e. The SMILES string of the molecule is CCNC(=NCC1(CCOCC)CC1)NCCCOC(C)c1ccccc1.I. The van der Waals surface area contributed by atoms with Crippen molar-refractivity contribution in [2.75, 3.05) is 39.5 Å². The van der Waals surface area contributed by atoms with Crippen LogP contribution in [0.15, 0.2) is 35.3 Å². The zero-order chi connectivity index (χ0) is 19.4. The predicted octanol–water partition coefficient (Wildman–Crippen LogP) is 4.53. The number of nitrogens with zero attached hydrogens (tertiary/aromatic N) is 1. The van der Waals surface area contributed by atoms with Crippen LogP contribution in [-0.4, -0.2) is 45.4 Å². The first-order valence-corrected chi connectivity index (χ1v) is 10.5. The largest absolute Gasteiger partial charge is 0.382 e. The van der Waals surface area contributed by atoms with Crippen LogP contribution in [0, 0.1) is 5.41 Å². The van der Waals surface area contributed by atoms with E-state index in [0.717, 1.165) is 58.3 Å². The number of nitrogens with one attached hydrogen (secondary N) is 2. The van der Waals surface area contributed by atoms with Crippen LogP contribution in [0.2, 0.25) is 0 Å². The van der Waals surface area contributed by atoms with E-state index in [1.54, 1.807) is 0 Å². The van der Waals surface area contributed by atoms with Gasteiger partial charge in [-0.1, -0.05) is 30.3 Å². The summed E-state index contributed by atoms with van der Waals surface area (Å²) in [5.41, 5.74) is 1.60. The second kappa shape index (κ2) is 14.2. The molecule has 1 unspecified atom stereocenters. The third-order valence-electron chi connectivity index (χ3n) is 5.11. The quantitative estimate of drug-likeness (QED) is 0.180. The average molecular weight is 503 g/mol. The number of rotatable bonds is 13. The highest BCUT2D eigenvalue weighted by atomic mass is 127. The van der Waals surface area contributed by atoms with E-state index >= 15 is 0 Å². The third kappa shape index (κ3) is 9.56. The van der Waals surface area contributed by atoms with E-state index in [1.165, 1.54) is 18.4 Å². The van der Waals surface area contributed by atoms with Crippen molar-refractivity contribution < 1.29 is 9.47 Å². The van der Waals surface area contributed by atoms with Crippen LogP contribution in [0.1, 0.15) is 58.1 Å². The topological polar surface area (TPSA) is 54.9 Å². The van der Waals surface area contributed by atoms with E-state index in [1.807, 2.05) is 6.07 Å². The number of aliphatic imine (C=N–C) groups is 1. The van der Waals surface area contributed by atoms with Crippen LogP contribution in [0.25, 0.3) is 0 Å². The van der Waals surface area contributed by atoms with Crippen LogP contribution in [-0.2, 0) is 9.47 Å². The predicted molar refractivity (Wildman–Crippen MR) is 128 cm³/mol. The standard InChI is InChI=1S/C22H37N3O2.HI/c1-4-23-21(25-18-22(12-13-22)14-17-26-5-2)24-15-9-16-27-19(3)20-10-7-6-8-11-20;/h6-8,10-11,19H,4-5,9,12-18H2,1-3H3,(H2,23,24,25);1H. The normalized spacial score (nSPS) is 16.2. The minimum absolute atomic E-state index is 0. The Balaban J connectivity index is 0.00000392. The van der Waals surface area contributed by atoms with E-state index in [9.17, 15) is 0 Å². The number of hydrogen-bond donors (Lipinski definition) is 2. The summed E-state index contributed by atoms with van der Waals surface area (Å²) in [5, 5.41) is 6.77. The Kier molecular flexibility index (Phi) is 12.7. The van der Waals surface area contributed by atoms with Gasteiger partial charge >= 0.3 is 0 Å². The molecular weight excluding hydrogens is 465 g/mol. The molecule has 0 aliphatic heterocycles. The van der Waals surface area contributed by atoms with E-state index in [4.69, 9.17) is 14.5 Å². The van der Waals surface area contributed by atoms with Crippen LogP contribution >= 0.6 is 24.0 Å². The van der Waals surface area contributed by atoms with Gasteiger partial charge in [-0.05, 0) is 57.4 Å². The van der Waals surface area contributed by atoms with Crippen molar-refractivity contribution in [2.45, 2.75) is 52.6 Å². The van der Waals surface area contributed by atoms with Gasteiger partial charge < -0.3 is 20.1 Å². The molecule has 1 aliphatic carbocycles. The first-order chi connectivity index (χ1) is 13.2. The van der Waals surface area contributed by atoms with Crippen molar-refractivity contribution in [3.8, 4) is 0 Å². The molecular formula is C22H38IN3O2. The van der Waals surface area contributed by atoms with Gasteiger partial charge in [0.15, 0.2) is 5.96 Å². The van der Waals surface area contributed by atoms with Gasteiger partial charge in [0.2, 0.25) is 0 Å². The monoisotopic (exact) mass is 503 g/mol. The van der Waals surface area contributed by atoms with Crippen molar-refractivity contribution >= 4 is 29.9 Å². The van der Waals surface area contributed by atoms with Crippen LogP contribution < -0.4 is 10.6 Å². The molecule has 1 fully saturated rings. The third-order valence-corrected chi connectivity index (χ3v) is 5.11. The van der Waals surface area contributed by atoms with E-state index in [-0.39, 0.29) is 30.1 Å². The lowest BCUT2D eigenvalue weighted by Gasteiger charge is -2.16. The Labute approximate surface area is 188 Å². The maximum absolute atomic E-state index is 5.93. The summed E-state index contributed by atoms with van der Waals surface area (Å²) in [7, 11) is 0. The lowest BCUT2D eigenvalue weighted by molar-refractivity contribution is 0.0646. The van der Waals surface area contributed by atoms with Crippen LogP contribution in [0.5, 0.6) is 0 Å². The smallest absolute Gasteiger partial charge is 0.191 e. The van der Waals surface area contributed by atoms with E-state index in [0.29, 0.717) is 5.41 Å². The highest BCUT2D eigenvalue weighted by Crippen LogP contribution is 2.48. The summed E-state index contributed by atoms with van der Waals surface area (Å²) >= 11 is 0. The number of halogens is 1. The summed E-state index contributed by atoms with van der Waals surface area (Å²) in [6.45, 7) is 11.3. The minimum atomic E-state index is 0. The molecule has 0 radical (unpaired) electrons. The molecule has 1 atom stereocenters. The molecule has 0 aromatic heterocycles. The van der Waals surface area contributed by atoms with E-state index in [2.05, 4.69) is 55.7 Å². The van der Waals surface area contributed by atoms with Gasteiger partial charge in [0.1, 0.15) is 0 Å². The van der Waals surface area contributed by atoms with Gasteiger partial charge in [0.05, 0.1) is 6.10 Å². The lowest BCUT2D eigenvalue weighted by atomic mass is 10.0. The summed E-state index contributed by atoms with van der Waals surface area (Å²) in [6, 6.07) is 10.4. The average Bonchev–Trinajstić information content (AvgIpc) is 3.46. The second-order valence-corrected chi connectivity index (χ2v) is 7.35. The maximum atomic E-state index is 5.93. The summed E-state index contributed by atoms with van der Waals surface area (Å²) in [5.74, 6) is 0.913. The lowest BCUT2D eigenvalue weighted by Crippen LogP contribution is -2.38. The van der Waals surface area contributed by atoms with Gasteiger partial charge in [-0.2, -0.15) is 0 Å². The molecule has 0 spiro atoms. The molecule has 6 heteroatoms. The summed E-state index contributed by atoms with van der Waals surface area (Å²) < 4.78 is 11.4. The summed E-state index contributed by atoms with van der Waals surface area (Å²) in [4.78, 5) is 4.80. The highest BCUT2D eigenvalue weighted by molar-refractivity contribution is 14.0. The van der Waals surface area contributed by atoms with Crippen molar-refractivity contribution in [1.82, 2.24) is 10.6 Å². The van der Waals surface area contributed by atoms with Gasteiger partial charge in [0.25, 0.3) is 0 Å². The molecule has 0 saturated heterocycles. The first kappa shape index (κ1) is 25.2. The van der Waals surface area contributed by atoms with Crippen molar-refractivity contribution in [2.24, 2.45) is 10.4 Å². The molecule has 0 heterocycles. The number of benzene rings is 1. The first-order valence-electron chi connectivity index (χ1n) is 10.5. The van der Waals surface area contributed by atoms with Crippen molar-refractivity contribution in [3.63, 3.8) is 0 Å². The zero-order valence-electron chi connectivity index (χ0n) is 17.7. The Morgan fingerprint density at radius 1 is 1.14 bits per heavy atom. The fourth-order valence-corrected chi connectivity index (χ4v) is 3.04. The van der Waals surface area contributed by atoms with Crippen LogP contribution in [0.4, 0.5) is 0 Å². The second-order valence-electron chi connectivity index (χ2n) is 7.35. The Morgan fingerprint density at radius 2 is 1.89 bits per heavy atom. The number of ether oxygens (including phenoxy) is 2. The molecule has 160 valence electrons. The molecule has 5 nitrogen and oxygen atoms in total. The summed E-state index contributed by atoms with van der Waals surface area (Å²) in [6.07, 6.45) is 4.75. The molecule has 2 rings (SSSR count). The molecule has 1 aromatic carbocycles. The van der Waals surface area contributed by atoms with Crippen LogP contribution in [0.3, 0.4) is 0 Å². The van der Waals surface area contributed by atoms with E-state index < -0.39 is 0 Å². The Morgan fingerprint density at radius 3 is 2.54 bits per heavy atom. The van der Waals surface area contributed by atoms with Crippen molar-refractivity contribution in [3.05, 3.63) is 35.9 Å². The van der Waals surface area contributed by atoms with Gasteiger partial charge in [-0.25, -0.2) is 0 Å². The fourth-order valence-electron chi connectivity index (χ4n) is 3.04. The highest BCUT2D eigenvalue weighted by Gasteiger charge is 2.41. The van der Waals surface area contributed by atoms with Gasteiger partial charge in [0, 0.05) is 39.5 Å². The number of hydrogen-bond acceptors (Lipinski definition) is 3. The van der Waals surface area contributed by atoms with Crippen molar-refractivity contribution in [1.29, 1.82) is 0 Å². The molecule has 0 bridgehead atoms. The molecule has 0 amide bonds. The zero-order valence-corrected chi connectivity index (χ0v) is 20.0. The number of guanidine groups is 1. The fraction of sp³-hybridized carbons (Fsp3) is 0.682.